The topological polar surface area (TPSA) is 94.5 Å². The van der Waals surface area contributed by atoms with Crippen molar-refractivity contribution in [2.75, 3.05) is 41.1 Å². The lowest BCUT2D eigenvalue weighted by atomic mass is 9.93. The smallest absolute Gasteiger partial charge is 0.295 e. The number of likely N-dealkylation sites (tertiary alicyclic amines) is 1. The Hall–Kier alpha value is -3.52. The lowest BCUT2D eigenvalue weighted by Gasteiger charge is -2.25. The predicted molar refractivity (Wildman–Crippen MR) is 132 cm³/mol. The standard InChI is InChI=1S/C27H33NO7/c1-16(2)15-35-19-8-9-20(17(3)13-19)25(29)23-24(28(11-12-32-4)27(31)26(23)30)18-7-10-21(33-5)22(14-18)34-6/h7-10,13-14,16,24,29H,11-12,15H2,1-6H3/b25-23+/t24-/m0/s1. The van der Waals surface area contributed by atoms with E-state index in [4.69, 9.17) is 18.9 Å². The summed E-state index contributed by atoms with van der Waals surface area (Å²) >= 11 is 0. The molecule has 0 bridgehead atoms. The second-order valence-electron chi connectivity index (χ2n) is 8.78. The first-order chi connectivity index (χ1) is 16.7. The molecule has 0 aromatic heterocycles. The maximum absolute atomic E-state index is 13.2. The number of benzene rings is 2. The van der Waals surface area contributed by atoms with Gasteiger partial charge in [0.2, 0.25) is 0 Å². The lowest BCUT2D eigenvalue weighted by Crippen LogP contribution is -2.32. The number of aryl methyl sites for hydroxylation is 1. The van der Waals surface area contributed by atoms with E-state index in [1.165, 1.54) is 26.2 Å². The molecule has 35 heavy (non-hydrogen) atoms. The lowest BCUT2D eigenvalue weighted by molar-refractivity contribution is -0.140. The van der Waals surface area contributed by atoms with Crippen molar-refractivity contribution in [1.82, 2.24) is 4.90 Å². The van der Waals surface area contributed by atoms with Crippen LogP contribution in [0.2, 0.25) is 0 Å². The third-order valence-electron chi connectivity index (χ3n) is 5.84. The number of ether oxygens (including phenoxy) is 4. The minimum absolute atomic E-state index is 0.0114. The van der Waals surface area contributed by atoms with E-state index in [2.05, 4.69) is 13.8 Å². The highest BCUT2D eigenvalue weighted by atomic mass is 16.5. The van der Waals surface area contributed by atoms with Crippen LogP contribution in [0.15, 0.2) is 42.0 Å². The minimum Gasteiger partial charge on any atom is -0.507 e. The van der Waals surface area contributed by atoms with Crippen LogP contribution in [0.1, 0.15) is 36.6 Å². The molecular weight excluding hydrogens is 450 g/mol. The van der Waals surface area contributed by atoms with Gasteiger partial charge >= 0.3 is 0 Å². The van der Waals surface area contributed by atoms with Crippen LogP contribution < -0.4 is 14.2 Å². The van der Waals surface area contributed by atoms with Crippen LogP contribution in [0.5, 0.6) is 17.2 Å². The molecule has 1 aliphatic heterocycles. The van der Waals surface area contributed by atoms with Gasteiger partial charge in [0.25, 0.3) is 11.7 Å². The highest BCUT2D eigenvalue weighted by molar-refractivity contribution is 6.46. The van der Waals surface area contributed by atoms with Crippen molar-refractivity contribution in [3.05, 3.63) is 58.7 Å². The number of nitrogens with zero attached hydrogens (tertiary/aromatic N) is 1. The normalized spacial score (nSPS) is 17.2. The van der Waals surface area contributed by atoms with E-state index in [9.17, 15) is 14.7 Å². The fourth-order valence-corrected chi connectivity index (χ4v) is 4.07. The SMILES string of the molecule is COCCN1C(=O)C(=O)/C(=C(/O)c2ccc(OCC(C)C)cc2C)[C@@H]1c1ccc(OC)c(OC)c1. The van der Waals surface area contributed by atoms with Gasteiger partial charge in [0.15, 0.2) is 11.5 Å². The summed E-state index contributed by atoms with van der Waals surface area (Å²) in [6, 6.07) is 9.60. The van der Waals surface area contributed by atoms with Crippen LogP contribution in [0, 0.1) is 12.8 Å². The minimum atomic E-state index is -0.818. The van der Waals surface area contributed by atoms with E-state index in [1.807, 2.05) is 13.0 Å². The summed E-state index contributed by atoms with van der Waals surface area (Å²) in [5.41, 5.74) is 1.79. The first kappa shape index (κ1) is 26.1. The number of hydrogen-bond donors (Lipinski definition) is 1. The van der Waals surface area contributed by atoms with Gasteiger partial charge in [0.05, 0.1) is 39.0 Å². The average molecular weight is 484 g/mol. The number of aliphatic hydroxyl groups excluding tert-OH is 1. The van der Waals surface area contributed by atoms with Gasteiger partial charge in [0, 0.05) is 19.2 Å². The van der Waals surface area contributed by atoms with Gasteiger partial charge in [-0.3, -0.25) is 9.59 Å². The molecular formula is C27H33NO7. The van der Waals surface area contributed by atoms with Crippen molar-refractivity contribution in [2.45, 2.75) is 26.8 Å². The number of Topliss-reactive ketones (excluding diaryl/α,β-unsaturated/α-hetero) is 1. The zero-order chi connectivity index (χ0) is 25.7. The van der Waals surface area contributed by atoms with E-state index in [-0.39, 0.29) is 24.5 Å². The van der Waals surface area contributed by atoms with Gasteiger partial charge in [-0.25, -0.2) is 0 Å². The molecule has 3 rings (SSSR count). The Labute approximate surface area is 206 Å². The fourth-order valence-electron chi connectivity index (χ4n) is 4.07. The summed E-state index contributed by atoms with van der Waals surface area (Å²) in [7, 11) is 4.56. The summed E-state index contributed by atoms with van der Waals surface area (Å²) in [5.74, 6) is 0.313. The van der Waals surface area contributed by atoms with Crippen LogP contribution in [-0.2, 0) is 14.3 Å². The van der Waals surface area contributed by atoms with Gasteiger partial charge in [0.1, 0.15) is 11.5 Å². The summed E-state index contributed by atoms with van der Waals surface area (Å²) < 4.78 is 21.7. The Balaban J connectivity index is 2.13. The van der Waals surface area contributed by atoms with Crippen LogP contribution >= 0.6 is 0 Å². The van der Waals surface area contributed by atoms with Crippen molar-refractivity contribution in [3.63, 3.8) is 0 Å². The molecule has 8 nitrogen and oxygen atoms in total. The number of carbonyl (C=O) groups excluding carboxylic acids is 2. The Morgan fingerprint density at radius 2 is 1.74 bits per heavy atom. The molecule has 1 N–H and O–H groups in total. The van der Waals surface area contributed by atoms with E-state index in [0.717, 1.165) is 5.56 Å². The predicted octanol–water partition coefficient (Wildman–Crippen LogP) is 4.12. The number of ketones is 1. The van der Waals surface area contributed by atoms with Crippen molar-refractivity contribution >= 4 is 17.4 Å². The fraction of sp³-hybridized carbons (Fsp3) is 0.407. The molecule has 8 heteroatoms. The summed E-state index contributed by atoms with van der Waals surface area (Å²) in [5, 5.41) is 11.4. The number of carbonyl (C=O) groups is 2. The largest absolute Gasteiger partial charge is 0.507 e. The third kappa shape index (κ3) is 5.43. The van der Waals surface area contributed by atoms with E-state index < -0.39 is 17.7 Å². The molecule has 2 aromatic rings. The number of amides is 1. The van der Waals surface area contributed by atoms with E-state index >= 15 is 0 Å². The molecule has 0 saturated carbocycles. The van der Waals surface area contributed by atoms with Crippen molar-refractivity contribution < 1.29 is 33.6 Å². The Morgan fingerprint density at radius 3 is 2.34 bits per heavy atom. The number of rotatable bonds is 10. The first-order valence-electron chi connectivity index (χ1n) is 11.5. The Bertz CT molecular complexity index is 1120. The second kappa shape index (κ2) is 11.3. The van der Waals surface area contributed by atoms with Gasteiger partial charge < -0.3 is 29.0 Å². The van der Waals surface area contributed by atoms with E-state index in [0.29, 0.717) is 40.9 Å². The van der Waals surface area contributed by atoms with Crippen molar-refractivity contribution in [3.8, 4) is 17.2 Å². The monoisotopic (exact) mass is 483 g/mol. The molecule has 0 aliphatic carbocycles. The Kier molecular flexibility index (Phi) is 8.40. The van der Waals surface area contributed by atoms with Gasteiger partial charge in [-0.05, 0) is 54.3 Å². The molecule has 1 atom stereocenters. The van der Waals surface area contributed by atoms with Gasteiger partial charge in [-0.15, -0.1) is 0 Å². The van der Waals surface area contributed by atoms with Crippen LogP contribution in [0.3, 0.4) is 0 Å². The zero-order valence-electron chi connectivity index (χ0n) is 21.1. The summed E-state index contributed by atoms with van der Waals surface area (Å²) in [6.45, 7) is 6.92. The molecule has 1 saturated heterocycles. The second-order valence-corrected chi connectivity index (χ2v) is 8.78. The van der Waals surface area contributed by atoms with Gasteiger partial charge in [-0.1, -0.05) is 19.9 Å². The quantitative estimate of drug-likeness (QED) is 0.309. The van der Waals surface area contributed by atoms with Crippen LogP contribution in [-0.4, -0.2) is 62.8 Å². The highest BCUT2D eigenvalue weighted by Gasteiger charge is 2.46. The molecule has 0 unspecified atom stereocenters. The molecule has 1 amide bonds. The molecule has 1 heterocycles. The third-order valence-corrected chi connectivity index (χ3v) is 5.84. The van der Waals surface area contributed by atoms with Gasteiger partial charge in [-0.2, -0.15) is 0 Å². The van der Waals surface area contributed by atoms with E-state index in [1.54, 1.807) is 30.3 Å². The molecule has 0 spiro atoms. The van der Waals surface area contributed by atoms with Crippen molar-refractivity contribution in [2.24, 2.45) is 5.92 Å². The molecule has 1 fully saturated rings. The molecule has 2 aromatic carbocycles. The van der Waals surface area contributed by atoms with Crippen LogP contribution in [0.25, 0.3) is 5.76 Å². The maximum atomic E-state index is 13.2. The maximum Gasteiger partial charge on any atom is 0.295 e. The highest BCUT2D eigenvalue weighted by Crippen LogP contribution is 2.42. The number of methoxy groups -OCH3 is 3. The molecule has 188 valence electrons. The summed E-state index contributed by atoms with van der Waals surface area (Å²) in [6.07, 6.45) is 0. The number of hydrogen-bond acceptors (Lipinski definition) is 7. The molecule has 0 radical (unpaired) electrons. The molecule has 1 aliphatic rings. The van der Waals surface area contributed by atoms with Crippen LogP contribution in [0.4, 0.5) is 0 Å². The number of aliphatic hydroxyl groups is 1. The summed E-state index contributed by atoms with van der Waals surface area (Å²) in [4.78, 5) is 27.6. The Morgan fingerprint density at radius 1 is 1.03 bits per heavy atom. The zero-order valence-corrected chi connectivity index (χ0v) is 21.1. The first-order valence-corrected chi connectivity index (χ1v) is 11.5. The van der Waals surface area contributed by atoms with Crippen molar-refractivity contribution in [1.29, 1.82) is 0 Å². The average Bonchev–Trinajstić information content (AvgIpc) is 3.10.